The Morgan fingerprint density at radius 3 is 2.45 bits per heavy atom. The van der Waals surface area contributed by atoms with Crippen LogP contribution < -0.4 is 10.1 Å². The molecule has 0 radical (unpaired) electrons. The Kier molecular flexibility index (Phi) is 6.50. The molecular formula is C24H25NO4. The zero-order valence-electron chi connectivity index (χ0n) is 16.9. The Balaban J connectivity index is 1.80. The van der Waals surface area contributed by atoms with Gasteiger partial charge in [0.25, 0.3) is 5.91 Å². The second kappa shape index (κ2) is 9.24. The molecule has 0 bridgehead atoms. The summed E-state index contributed by atoms with van der Waals surface area (Å²) in [4.78, 5) is 25.0. The minimum atomic E-state index is -0.661. The average Bonchev–Trinajstić information content (AvgIpc) is 2.73. The number of rotatable bonds is 7. The number of anilines is 1. The van der Waals surface area contributed by atoms with E-state index in [1.807, 2.05) is 49.4 Å². The quantitative estimate of drug-likeness (QED) is 0.568. The summed E-state index contributed by atoms with van der Waals surface area (Å²) in [7, 11) is 0. The number of hydrogen-bond donors (Lipinski definition) is 1. The maximum atomic E-state index is 12.9. The van der Waals surface area contributed by atoms with Crippen molar-refractivity contribution in [3.63, 3.8) is 0 Å². The number of carbonyl (C=O) groups is 2. The molecule has 5 heteroatoms. The van der Waals surface area contributed by atoms with E-state index in [-0.39, 0.29) is 5.91 Å². The van der Waals surface area contributed by atoms with Gasteiger partial charge in [-0.1, -0.05) is 49.4 Å². The topological polar surface area (TPSA) is 64.6 Å². The van der Waals surface area contributed by atoms with E-state index in [2.05, 4.69) is 5.32 Å². The van der Waals surface area contributed by atoms with Crippen LogP contribution in [0, 0.1) is 6.92 Å². The first-order valence-electron chi connectivity index (χ1n) is 9.77. The van der Waals surface area contributed by atoms with Crippen LogP contribution in [0.4, 0.5) is 5.69 Å². The molecule has 0 spiro atoms. The third kappa shape index (κ3) is 4.57. The summed E-state index contributed by atoms with van der Waals surface area (Å²) in [5.41, 5.74) is 1.67. The van der Waals surface area contributed by atoms with Crippen LogP contribution >= 0.6 is 0 Å². The van der Waals surface area contributed by atoms with Gasteiger partial charge in [0.2, 0.25) is 0 Å². The molecule has 1 amide bonds. The van der Waals surface area contributed by atoms with E-state index >= 15 is 0 Å². The first-order valence-corrected chi connectivity index (χ1v) is 9.77. The van der Waals surface area contributed by atoms with Crippen LogP contribution in [-0.4, -0.2) is 24.6 Å². The monoisotopic (exact) mass is 391 g/mol. The zero-order chi connectivity index (χ0) is 20.8. The molecule has 5 nitrogen and oxygen atoms in total. The third-order valence-corrected chi connectivity index (χ3v) is 4.77. The van der Waals surface area contributed by atoms with Gasteiger partial charge in [-0.05, 0) is 49.4 Å². The van der Waals surface area contributed by atoms with Crippen LogP contribution in [0.2, 0.25) is 0 Å². The van der Waals surface area contributed by atoms with Crippen LogP contribution in [0.1, 0.15) is 36.2 Å². The molecule has 0 saturated heterocycles. The molecule has 3 aromatic carbocycles. The van der Waals surface area contributed by atoms with Crippen LogP contribution in [-0.2, 0) is 9.53 Å². The molecular weight excluding hydrogens is 366 g/mol. The van der Waals surface area contributed by atoms with Gasteiger partial charge in [0.05, 0.1) is 12.2 Å². The Morgan fingerprint density at radius 1 is 0.966 bits per heavy atom. The van der Waals surface area contributed by atoms with Crippen LogP contribution in [0.15, 0.2) is 60.7 Å². The summed E-state index contributed by atoms with van der Waals surface area (Å²) >= 11 is 0. The fourth-order valence-corrected chi connectivity index (χ4v) is 3.19. The van der Waals surface area contributed by atoms with E-state index in [1.165, 1.54) is 0 Å². The highest BCUT2D eigenvalue weighted by Crippen LogP contribution is 2.27. The number of benzene rings is 3. The van der Waals surface area contributed by atoms with E-state index in [0.717, 1.165) is 10.8 Å². The number of hydrogen-bond acceptors (Lipinski definition) is 4. The number of ether oxygens (including phenoxy) is 2. The van der Waals surface area contributed by atoms with Crippen molar-refractivity contribution in [1.82, 2.24) is 0 Å². The van der Waals surface area contributed by atoms with Gasteiger partial charge < -0.3 is 14.8 Å². The second-order valence-electron chi connectivity index (χ2n) is 6.68. The highest BCUT2D eigenvalue weighted by atomic mass is 16.5. The molecule has 0 saturated carbocycles. The Bertz CT molecular complexity index is 1020. The Hall–Kier alpha value is -3.34. The second-order valence-corrected chi connectivity index (χ2v) is 6.68. The standard InChI is InChI=1S/C24H25NO4/c1-4-21(29-22-15-8-11-17-10-6-7-12-19(17)22)23(26)25-20-14-9-13-18(16(20)3)24(27)28-5-2/h6-15,21H,4-5H2,1-3H3,(H,25,26). The minimum Gasteiger partial charge on any atom is -0.480 e. The largest absolute Gasteiger partial charge is 0.480 e. The minimum absolute atomic E-state index is 0.260. The first-order chi connectivity index (χ1) is 14.0. The van der Waals surface area contributed by atoms with Gasteiger partial charge in [-0.3, -0.25) is 4.79 Å². The zero-order valence-corrected chi connectivity index (χ0v) is 16.9. The van der Waals surface area contributed by atoms with Crippen molar-refractivity contribution in [1.29, 1.82) is 0 Å². The number of esters is 1. The number of amides is 1. The highest BCUT2D eigenvalue weighted by Gasteiger charge is 2.21. The van der Waals surface area contributed by atoms with Gasteiger partial charge >= 0.3 is 5.97 Å². The fraction of sp³-hybridized carbons (Fsp3) is 0.250. The van der Waals surface area contributed by atoms with Gasteiger partial charge in [-0.25, -0.2) is 4.79 Å². The van der Waals surface area contributed by atoms with Crippen LogP contribution in [0.5, 0.6) is 5.75 Å². The molecule has 3 rings (SSSR count). The SMILES string of the molecule is CCOC(=O)c1cccc(NC(=O)C(CC)Oc2cccc3ccccc23)c1C. The summed E-state index contributed by atoms with van der Waals surface area (Å²) in [6.45, 7) is 5.74. The predicted octanol–water partition coefficient (Wildman–Crippen LogP) is 5.12. The van der Waals surface area contributed by atoms with Crippen molar-refractivity contribution in [2.24, 2.45) is 0 Å². The molecule has 150 valence electrons. The summed E-state index contributed by atoms with van der Waals surface area (Å²) in [5, 5.41) is 4.91. The van der Waals surface area contributed by atoms with Crippen LogP contribution in [0.3, 0.4) is 0 Å². The first kappa shape index (κ1) is 20.4. The van der Waals surface area contributed by atoms with Crippen molar-refractivity contribution in [2.75, 3.05) is 11.9 Å². The number of fused-ring (bicyclic) bond motifs is 1. The van der Waals surface area contributed by atoms with E-state index < -0.39 is 12.1 Å². The molecule has 0 aromatic heterocycles. The molecule has 3 aromatic rings. The molecule has 0 fully saturated rings. The van der Waals surface area contributed by atoms with Gasteiger partial charge in [-0.2, -0.15) is 0 Å². The third-order valence-electron chi connectivity index (χ3n) is 4.77. The fourth-order valence-electron chi connectivity index (χ4n) is 3.19. The van der Waals surface area contributed by atoms with Gasteiger partial charge in [0, 0.05) is 11.1 Å². The van der Waals surface area contributed by atoms with Gasteiger partial charge in [0.15, 0.2) is 6.10 Å². The maximum absolute atomic E-state index is 12.9. The van der Waals surface area contributed by atoms with E-state index in [4.69, 9.17) is 9.47 Å². The molecule has 29 heavy (non-hydrogen) atoms. The van der Waals surface area contributed by atoms with Crippen molar-refractivity contribution in [2.45, 2.75) is 33.3 Å². The molecule has 1 unspecified atom stereocenters. The highest BCUT2D eigenvalue weighted by molar-refractivity contribution is 5.98. The lowest BCUT2D eigenvalue weighted by Crippen LogP contribution is -2.32. The summed E-state index contributed by atoms with van der Waals surface area (Å²) in [5.74, 6) is 0.00628. The average molecular weight is 391 g/mol. The lowest BCUT2D eigenvalue weighted by atomic mass is 10.1. The van der Waals surface area contributed by atoms with E-state index in [0.29, 0.717) is 35.6 Å². The normalized spacial score (nSPS) is 11.7. The molecule has 1 N–H and O–H groups in total. The number of carbonyl (C=O) groups excluding carboxylic acids is 2. The Labute approximate surface area is 170 Å². The number of nitrogens with one attached hydrogen (secondary N) is 1. The predicted molar refractivity (Wildman–Crippen MR) is 114 cm³/mol. The molecule has 0 aliphatic heterocycles. The van der Waals surface area contributed by atoms with Crippen molar-refractivity contribution in [3.05, 3.63) is 71.8 Å². The van der Waals surface area contributed by atoms with Crippen molar-refractivity contribution < 1.29 is 19.1 Å². The van der Waals surface area contributed by atoms with Gasteiger partial charge in [-0.15, -0.1) is 0 Å². The lowest BCUT2D eigenvalue weighted by Gasteiger charge is -2.19. The lowest BCUT2D eigenvalue weighted by molar-refractivity contribution is -0.122. The van der Waals surface area contributed by atoms with Crippen molar-refractivity contribution >= 4 is 28.3 Å². The smallest absolute Gasteiger partial charge is 0.338 e. The molecule has 0 aliphatic rings. The van der Waals surface area contributed by atoms with Crippen molar-refractivity contribution in [3.8, 4) is 5.75 Å². The maximum Gasteiger partial charge on any atom is 0.338 e. The summed E-state index contributed by atoms with van der Waals surface area (Å²) < 4.78 is 11.1. The summed E-state index contributed by atoms with van der Waals surface area (Å²) in [6.07, 6.45) is -0.155. The van der Waals surface area contributed by atoms with E-state index in [9.17, 15) is 9.59 Å². The molecule has 1 atom stereocenters. The summed E-state index contributed by atoms with van der Waals surface area (Å²) in [6, 6.07) is 18.9. The van der Waals surface area contributed by atoms with Gasteiger partial charge in [0.1, 0.15) is 5.75 Å². The Morgan fingerprint density at radius 2 is 1.69 bits per heavy atom. The molecule has 0 heterocycles. The van der Waals surface area contributed by atoms with E-state index in [1.54, 1.807) is 32.0 Å². The molecule has 0 aliphatic carbocycles. The van der Waals surface area contributed by atoms with Crippen LogP contribution in [0.25, 0.3) is 10.8 Å².